The van der Waals surface area contributed by atoms with Gasteiger partial charge in [0.15, 0.2) is 0 Å². The van der Waals surface area contributed by atoms with Gasteiger partial charge in [-0.15, -0.1) is 0 Å². The fourth-order valence-electron chi connectivity index (χ4n) is 4.59. The molecule has 0 spiro atoms. The molecule has 0 aromatic heterocycles. The van der Waals surface area contributed by atoms with Gasteiger partial charge in [-0.25, -0.2) is 0 Å². The maximum absolute atomic E-state index is 13.1. The zero-order valence-corrected chi connectivity index (χ0v) is 13.3. The molecular weight excluding hydrogens is 302 g/mol. The zero-order valence-electron chi connectivity index (χ0n) is 13.3. The molecule has 1 aliphatic carbocycles. The second-order valence-electron chi connectivity index (χ2n) is 7.05. The van der Waals surface area contributed by atoms with Crippen LogP contribution in [0.25, 0.3) is 10.8 Å². The summed E-state index contributed by atoms with van der Waals surface area (Å²) in [6, 6.07) is 11.9. The summed E-state index contributed by atoms with van der Waals surface area (Å²) in [4.78, 5) is 27.7. The standard InChI is InChI=1S/C19H19N3O2/c23-18-14-5-1-3-11-4-2-6-15(17(11)14)19(24)22(18)13-7-8-16-12(9-13)10-20-21-16/h1-6,12-13,16,20-21H,7-10H2. The summed E-state index contributed by atoms with van der Waals surface area (Å²) in [7, 11) is 0. The van der Waals surface area contributed by atoms with Gasteiger partial charge in [0.1, 0.15) is 0 Å². The summed E-state index contributed by atoms with van der Waals surface area (Å²) < 4.78 is 0. The number of benzene rings is 2. The van der Waals surface area contributed by atoms with Crippen LogP contribution in [0.2, 0.25) is 0 Å². The molecular formula is C19H19N3O2. The number of amides is 2. The third-order valence-corrected chi connectivity index (χ3v) is 5.77. The van der Waals surface area contributed by atoms with Crippen molar-refractivity contribution < 1.29 is 9.59 Å². The van der Waals surface area contributed by atoms with Crippen molar-refractivity contribution in [1.29, 1.82) is 0 Å². The number of hydrazine groups is 1. The number of nitrogens with one attached hydrogen (secondary N) is 2. The Hall–Kier alpha value is -2.24. The lowest BCUT2D eigenvalue weighted by Crippen LogP contribution is -2.51. The van der Waals surface area contributed by atoms with Gasteiger partial charge in [-0.05, 0) is 42.7 Å². The fourth-order valence-corrected chi connectivity index (χ4v) is 4.59. The highest BCUT2D eigenvalue weighted by Crippen LogP contribution is 2.36. The minimum atomic E-state index is -0.133. The first-order chi connectivity index (χ1) is 11.7. The van der Waals surface area contributed by atoms with Crippen LogP contribution in [0.15, 0.2) is 36.4 Å². The molecule has 2 fully saturated rings. The van der Waals surface area contributed by atoms with E-state index in [0.29, 0.717) is 23.1 Å². The molecule has 0 radical (unpaired) electrons. The van der Waals surface area contributed by atoms with Gasteiger partial charge in [-0.2, -0.15) is 0 Å². The summed E-state index contributed by atoms with van der Waals surface area (Å²) in [5.41, 5.74) is 7.82. The van der Waals surface area contributed by atoms with Crippen LogP contribution in [0.5, 0.6) is 0 Å². The van der Waals surface area contributed by atoms with Crippen molar-refractivity contribution in [2.24, 2.45) is 5.92 Å². The molecule has 3 unspecified atom stereocenters. The van der Waals surface area contributed by atoms with Gasteiger partial charge in [-0.1, -0.05) is 24.3 Å². The van der Waals surface area contributed by atoms with E-state index in [1.54, 1.807) is 0 Å². The van der Waals surface area contributed by atoms with Gasteiger partial charge in [-0.3, -0.25) is 25.3 Å². The predicted octanol–water partition coefficient (Wildman–Crippen LogP) is 2.08. The number of hydrogen-bond acceptors (Lipinski definition) is 4. The fraction of sp³-hybridized carbons (Fsp3) is 0.368. The summed E-state index contributed by atoms with van der Waals surface area (Å²) in [5, 5.41) is 1.77. The zero-order chi connectivity index (χ0) is 16.3. The number of nitrogens with zero attached hydrogens (tertiary/aromatic N) is 1. The molecule has 2 amide bonds. The van der Waals surface area contributed by atoms with E-state index in [4.69, 9.17) is 0 Å². The summed E-state index contributed by atoms with van der Waals surface area (Å²) in [5.74, 6) is 0.218. The molecule has 5 heteroatoms. The van der Waals surface area contributed by atoms with Crippen LogP contribution >= 0.6 is 0 Å². The minimum Gasteiger partial charge on any atom is -0.271 e. The summed E-state index contributed by atoms with van der Waals surface area (Å²) in [6.45, 7) is 0.906. The highest BCUT2D eigenvalue weighted by atomic mass is 16.2. The Bertz CT molecular complexity index is 812. The van der Waals surface area contributed by atoms with E-state index in [1.165, 1.54) is 4.90 Å². The van der Waals surface area contributed by atoms with Crippen molar-refractivity contribution in [3.63, 3.8) is 0 Å². The van der Waals surface area contributed by atoms with Gasteiger partial charge in [0.05, 0.1) is 0 Å². The topological polar surface area (TPSA) is 61.4 Å². The Kier molecular flexibility index (Phi) is 3.02. The van der Waals surface area contributed by atoms with Crippen LogP contribution in [-0.4, -0.2) is 35.3 Å². The lowest BCUT2D eigenvalue weighted by Gasteiger charge is -2.39. The van der Waals surface area contributed by atoms with Crippen LogP contribution in [0.3, 0.4) is 0 Å². The molecule has 2 heterocycles. The van der Waals surface area contributed by atoms with Crippen molar-refractivity contribution in [1.82, 2.24) is 15.8 Å². The van der Waals surface area contributed by atoms with Crippen molar-refractivity contribution in [2.75, 3.05) is 6.54 Å². The van der Waals surface area contributed by atoms with Crippen molar-refractivity contribution in [3.8, 4) is 0 Å². The van der Waals surface area contributed by atoms with Gasteiger partial charge in [0, 0.05) is 35.1 Å². The summed E-state index contributed by atoms with van der Waals surface area (Å²) >= 11 is 0. The Morgan fingerprint density at radius 2 is 1.67 bits per heavy atom. The first-order valence-corrected chi connectivity index (χ1v) is 8.62. The van der Waals surface area contributed by atoms with E-state index in [-0.39, 0.29) is 17.9 Å². The Labute approximate surface area is 140 Å². The number of fused-ring (bicyclic) bond motifs is 1. The smallest absolute Gasteiger partial charge is 0.261 e. The van der Waals surface area contributed by atoms with E-state index in [0.717, 1.165) is 36.6 Å². The Morgan fingerprint density at radius 3 is 2.38 bits per heavy atom. The largest absolute Gasteiger partial charge is 0.271 e. The monoisotopic (exact) mass is 321 g/mol. The second-order valence-corrected chi connectivity index (χ2v) is 7.05. The first-order valence-electron chi connectivity index (χ1n) is 8.62. The van der Waals surface area contributed by atoms with Crippen molar-refractivity contribution in [3.05, 3.63) is 47.5 Å². The van der Waals surface area contributed by atoms with Gasteiger partial charge < -0.3 is 0 Å². The third kappa shape index (κ3) is 1.88. The second kappa shape index (κ2) is 5.13. The summed E-state index contributed by atoms with van der Waals surface area (Å²) in [6.07, 6.45) is 2.73. The third-order valence-electron chi connectivity index (χ3n) is 5.77. The molecule has 122 valence electrons. The highest BCUT2D eigenvalue weighted by molar-refractivity contribution is 6.25. The van der Waals surface area contributed by atoms with Crippen LogP contribution in [0, 0.1) is 5.92 Å². The number of carbonyl (C=O) groups excluding carboxylic acids is 2. The molecule has 3 aliphatic rings. The number of hydrogen-bond donors (Lipinski definition) is 2. The maximum Gasteiger partial charge on any atom is 0.261 e. The molecule has 5 nitrogen and oxygen atoms in total. The van der Waals surface area contributed by atoms with Gasteiger partial charge in [0.2, 0.25) is 0 Å². The molecule has 24 heavy (non-hydrogen) atoms. The van der Waals surface area contributed by atoms with E-state index in [2.05, 4.69) is 10.9 Å². The number of rotatable bonds is 1. The maximum atomic E-state index is 13.1. The van der Waals surface area contributed by atoms with Crippen LogP contribution in [0.4, 0.5) is 0 Å². The first kappa shape index (κ1) is 14.1. The highest BCUT2D eigenvalue weighted by Gasteiger charge is 2.42. The van der Waals surface area contributed by atoms with Gasteiger partial charge in [0.25, 0.3) is 11.8 Å². The van der Waals surface area contributed by atoms with E-state index < -0.39 is 0 Å². The lowest BCUT2D eigenvalue weighted by atomic mass is 9.81. The van der Waals surface area contributed by atoms with Crippen LogP contribution < -0.4 is 10.9 Å². The average Bonchev–Trinajstić information content (AvgIpc) is 3.07. The number of carbonyl (C=O) groups is 2. The lowest BCUT2D eigenvalue weighted by molar-refractivity contribution is 0.0472. The number of imide groups is 1. The van der Waals surface area contributed by atoms with E-state index >= 15 is 0 Å². The molecule has 2 N–H and O–H groups in total. The molecule has 2 aromatic carbocycles. The quantitative estimate of drug-likeness (QED) is 0.790. The van der Waals surface area contributed by atoms with Crippen LogP contribution in [-0.2, 0) is 0 Å². The molecule has 0 bridgehead atoms. The molecule has 3 atom stereocenters. The Balaban J connectivity index is 1.57. The van der Waals surface area contributed by atoms with Crippen LogP contribution in [0.1, 0.15) is 40.0 Å². The SMILES string of the molecule is O=C1c2cccc3cccc(c23)C(=O)N1C1CCC2NNCC2C1. The molecule has 5 rings (SSSR count). The minimum absolute atomic E-state index is 0.00318. The molecule has 2 aliphatic heterocycles. The average molecular weight is 321 g/mol. The molecule has 2 aromatic rings. The Morgan fingerprint density at radius 1 is 0.958 bits per heavy atom. The molecule has 1 saturated heterocycles. The van der Waals surface area contributed by atoms with E-state index in [1.807, 2.05) is 36.4 Å². The van der Waals surface area contributed by atoms with E-state index in [9.17, 15) is 9.59 Å². The van der Waals surface area contributed by atoms with Crippen molar-refractivity contribution in [2.45, 2.75) is 31.3 Å². The molecule has 1 saturated carbocycles. The normalized spacial score (nSPS) is 29.2. The van der Waals surface area contributed by atoms with Crippen molar-refractivity contribution >= 4 is 22.6 Å². The van der Waals surface area contributed by atoms with Gasteiger partial charge >= 0.3 is 0 Å². The predicted molar refractivity (Wildman–Crippen MR) is 90.5 cm³/mol.